The molecule has 2 heterocycles. The van der Waals surface area contributed by atoms with E-state index in [2.05, 4.69) is 32.9 Å². The van der Waals surface area contributed by atoms with Crippen molar-refractivity contribution in [2.75, 3.05) is 11.9 Å². The van der Waals surface area contributed by atoms with Crippen LogP contribution in [0.15, 0.2) is 29.9 Å². The van der Waals surface area contributed by atoms with Crippen LogP contribution in [0, 0.1) is 5.21 Å². The van der Waals surface area contributed by atoms with Gasteiger partial charge in [-0.15, -0.1) is 0 Å². The molecule has 0 fully saturated rings. The van der Waals surface area contributed by atoms with Gasteiger partial charge in [-0.3, -0.25) is 0 Å². The SMILES string of the molecule is [O-][n+]1ccc(NCCCCc2c[nH]cn2)nc1S. The summed E-state index contributed by atoms with van der Waals surface area (Å²) < 4.78 is 0.617. The van der Waals surface area contributed by atoms with Crippen molar-refractivity contribution >= 4 is 18.4 Å². The van der Waals surface area contributed by atoms with E-state index in [0.717, 1.165) is 31.5 Å². The predicted octanol–water partition coefficient (Wildman–Crippen LogP) is 1.16. The fourth-order valence-corrected chi connectivity index (χ4v) is 1.75. The van der Waals surface area contributed by atoms with E-state index in [0.29, 0.717) is 10.5 Å². The lowest BCUT2D eigenvalue weighted by Crippen LogP contribution is -2.29. The van der Waals surface area contributed by atoms with Gasteiger partial charge in [0.15, 0.2) is 0 Å². The standard InChI is InChI=1S/C11H15N5OS/c17-16-6-4-10(15-11(16)18)13-5-2-1-3-9-7-12-8-14-9/h4,6-8H,1-3,5H2,(H,12,14)(H2,13,15,18). The maximum absolute atomic E-state index is 11.0. The van der Waals surface area contributed by atoms with Crippen molar-refractivity contribution in [3.8, 4) is 0 Å². The maximum Gasteiger partial charge on any atom is 0.361 e. The lowest BCUT2D eigenvalue weighted by molar-refractivity contribution is -0.650. The van der Waals surface area contributed by atoms with Crippen LogP contribution in [0.2, 0.25) is 0 Å². The molecule has 0 atom stereocenters. The van der Waals surface area contributed by atoms with E-state index in [-0.39, 0.29) is 5.16 Å². The van der Waals surface area contributed by atoms with Gasteiger partial charge >= 0.3 is 5.16 Å². The summed E-state index contributed by atoms with van der Waals surface area (Å²) in [6.07, 6.45) is 8.02. The van der Waals surface area contributed by atoms with E-state index in [1.54, 1.807) is 12.4 Å². The van der Waals surface area contributed by atoms with Gasteiger partial charge in [0.05, 0.1) is 12.0 Å². The zero-order valence-electron chi connectivity index (χ0n) is 9.83. The Morgan fingerprint density at radius 1 is 1.44 bits per heavy atom. The minimum absolute atomic E-state index is 0.150. The number of hydrogen-bond donors (Lipinski definition) is 3. The van der Waals surface area contributed by atoms with E-state index < -0.39 is 0 Å². The number of nitrogens with one attached hydrogen (secondary N) is 2. The second-order valence-electron chi connectivity index (χ2n) is 3.88. The van der Waals surface area contributed by atoms with Crippen LogP contribution in [0.25, 0.3) is 0 Å². The number of nitrogens with zero attached hydrogens (tertiary/aromatic N) is 3. The smallest absolute Gasteiger partial charge is 0.361 e. The summed E-state index contributed by atoms with van der Waals surface area (Å²) in [6, 6.07) is 1.64. The quantitative estimate of drug-likeness (QED) is 0.241. The van der Waals surface area contributed by atoms with Gasteiger partial charge in [-0.05, 0) is 24.2 Å². The van der Waals surface area contributed by atoms with Gasteiger partial charge in [0.25, 0.3) is 0 Å². The summed E-state index contributed by atoms with van der Waals surface area (Å²) in [5.41, 5.74) is 1.08. The molecule has 0 amide bonds. The van der Waals surface area contributed by atoms with Crippen LogP contribution in [0.5, 0.6) is 0 Å². The second-order valence-corrected chi connectivity index (χ2v) is 4.28. The van der Waals surface area contributed by atoms with Gasteiger partial charge in [0.1, 0.15) is 6.20 Å². The summed E-state index contributed by atoms with van der Waals surface area (Å²) in [6.45, 7) is 0.813. The molecule has 0 radical (unpaired) electrons. The number of rotatable bonds is 6. The van der Waals surface area contributed by atoms with E-state index in [9.17, 15) is 5.21 Å². The number of aromatic amines is 1. The predicted molar refractivity (Wildman–Crippen MR) is 70.5 cm³/mol. The molecule has 0 aliphatic carbocycles. The largest absolute Gasteiger partial charge is 0.710 e. The van der Waals surface area contributed by atoms with Crippen molar-refractivity contribution in [2.45, 2.75) is 24.4 Å². The molecule has 18 heavy (non-hydrogen) atoms. The van der Waals surface area contributed by atoms with Crippen LogP contribution in [-0.2, 0) is 6.42 Å². The van der Waals surface area contributed by atoms with E-state index >= 15 is 0 Å². The van der Waals surface area contributed by atoms with Crippen molar-refractivity contribution in [3.05, 3.63) is 35.7 Å². The molecular formula is C11H15N5OS. The lowest BCUT2D eigenvalue weighted by Gasteiger charge is -2.04. The molecule has 2 rings (SSSR count). The van der Waals surface area contributed by atoms with E-state index in [1.807, 2.05) is 6.20 Å². The highest BCUT2D eigenvalue weighted by atomic mass is 32.1. The molecular weight excluding hydrogens is 250 g/mol. The van der Waals surface area contributed by atoms with Crippen molar-refractivity contribution in [1.29, 1.82) is 0 Å². The third-order valence-electron chi connectivity index (χ3n) is 2.51. The first-order valence-corrected chi connectivity index (χ1v) is 6.21. The van der Waals surface area contributed by atoms with Crippen molar-refractivity contribution < 1.29 is 4.73 Å². The first-order valence-electron chi connectivity index (χ1n) is 5.76. The third kappa shape index (κ3) is 3.63. The molecule has 0 spiro atoms. The Morgan fingerprint density at radius 2 is 2.33 bits per heavy atom. The number of hydrogen-bond acceptors (Lipinski definition) is 5. The monoisotopic (exact) mass is 265 g/mol. The zero-order chi connectivity index (χ0) is 12.8. The topological polar surface area (TPSA) is 80.5 Å². The number of aromatic nitrogens is 4. The third-order valence-corrected chi connectivity index (χ3v) is 2.80. The van der Waals surface area contributed by atoms with Crippen molar-refractivity contribution in [3.63, 3.8) is 0 Å². The summed E-state index contributed by atoms with van der Waals surface area (Å²) in [5, 5.41) is 14.3. The van der Waals surface area contributed by atoms with E-state index in [4.69, 9.17) is 0 Å². The molecule has 2 aromatic rings. The Bertz CT molecular complexity index is 488. The number of H-pyrrole nitrogens is 1. The lowest BCUT2D eigenvalue weighted by atomic mass is 10.2. The first-order chi connectivity index (χ1) is 8.75. The van der Waals surface area contributed by atoms with Crippen LogP contribution in [-0.4, -0.2) is 21.5 Å². The van der Waals surface area contributed by atoms with Gasteiger partial charge in [-0.2, -0.15) is 0 Å². The molecule has 0 saturated heterocycles. The number of aryl methyl sites for hydroxylation is 1. The molecule has 0 saturated carbocycles. The fraction of sp³-hybridized carbons (Fsp3) is 0.364. The zero-order valence-corrected chi connectivity index (χ0v) is 10.7. The molecule has 0 aliphatic rings. The minimum atomic E-state index is 0.150. The average molecular weight is 265 g/mol. The Balaban J connectivity index is 1.67. The Morgan fingerprint density at radius 3 is 3.06 bits per heavy atom. The van der Waals surface area contributed by atoms with Gasteiger partial charge in [-0.1, -0.05) is 12.6 Å². The number of unbranched alkanes of at least 4 members (excludes halogenated alkanes) is 1. The molecule has 2 aromatic heterocycles. The first kappa shape index (κ1) is 12.7. The van der Waals surface area contributed by atoms with Gasteiger partial charge in [0.2, 0.25) is 5.82 Å². The Hall–Kier alpha value is -1.76. The van der Waals surface area contributed by atoms with Gasteiger partial charge in [0, 0.05) is 18.8 Å². The molecule has 7 heteroatoms. The molecule has 0 bridgehead atoms. The van der Waals surface area contributed by atoms with Crippen LogP contribution < -0.4 is 10.0 Å². The van der Waals surface area contributed by atoms with Crippen molar-refractivity contribution in [1.82, 2.24) is 15.0 Å². The maximum atomic E-state index is 11.0. The highest BCUT2D eigenvalue weighted by molar-refractivity contribution is 7.79. The van der Waals surface area contributed by atoms with Crippen LogP contribution in [0.3, 0.4) is 0 Å². The molecule has 0 aromatic carbocycles. The summed E-state index contributed by atoms with van der Waals surface area (Å²) in [4.78, 5) is 11.1. The highest BCUT2D eigenvalue weighted by Gasteiger charge is 2.05. The normalized spacial score (nSPS) is 10.5. The number of imidazole rings is 1. The average Bonchev–Trinajstić information content (AvgIpc) is 2.86. The summed E-state index contributed by atoms with van der Waals surface area (Å²) in [7, 11) is 0. The minimum Gasteiger partial charge on any atom is -0.710 e. The molecule has 0 aliphatic heterocycles. The molecule has 96 valence electrons. The van der Waals surface area contributed by atoms with Gasteiger partial charge in [-0.25, -0.2) is 9.71 Å². The van der Waals surface area contributed by atoms with Gasteiger partial charge < -0.3 is 15.5 Å². The van der Waals surface area contributed by atoms with E-state index in [1.165, 1.54) is 6.20 Å². The highest BCUT2D eigenvalue weighted by Crippen LogP contribution is 2.05. The summed E-state index contributed by atoms with van der Waals surface area (Å²) >= 11 is 3.96. The molecule has 2 N–H and O–H groups in total. The molecule has 0 unspecified atom stereocenters. The Labute approximate surface area is 110 Å². The van der Waals surface area contributed by atoms with Crippen LogP contribution >= 0.6 is 12.6 Å². The van der Waals surface area contributed by atoms with Crippen molar-refractivity contribution in [2.24, 2.45) is 0 Å². The molecule has 6 nitrogen and oxygen atoms in total. The number of anilines is 1. The summed E-state index contributed by atoms with van der Waals surface area (Å²) in [5.74, 6) is 0.673. The fourth-order valence-electron chi connectivity index (χ4n) is 1.57. The van der Waals surface area contributed by atoms with Crippen LogP contribution in [0.1, 0.15) is 18.5 Å². The van der Waals surface area contributed by atoms with Crippen LogP contribution in [0.4, 0.5) is 5.82 Å². The number of thiol groups is 1. The second kappa shape index (κ2) is 6.25. The Kier molecular flexibility index (Phi) is 4.40.